The van der Waals surface area contributed by atoms with Crippen LogP contribution in [0.2, 0.25) is 0 Å². The lowest BCUT2D eigenvalue weighted by Crippen LogP contribution is -2.47. The van der Waals surface area contributed by atoms with Gasteiger partial charge in [-0.05, 0) is 94.1 Å². The van der Waals surface area contributed by atoms with Crippen LogP contribution in [0.1, 0.15) is 65.0 Å². The number of amides is 2. The highest BCUT2D eigenvalue weighted by Gasteiger charge is 2.45. The first-order valence-electron chi connectivity index (χ1n) is 14.9. The van der Waals surface area contributed by atoms with Crippen LogP contribution in [0.25, 0.3) is 28.5 Å². The Morgan fingerprint density at radius 2 is 1.83 bits per heavy atom. The van der Waals surface area contributed by atoms with Gasteiger partial charge in [0, 0.05) is 40.9 Å². The van der Waals surface area contributed by atoms with Crippen molar-refractivity contribution in [3.8, 4) is 16.8 Å². The van der Waals surface area contributed by atoms with Crippen molar-refractivity contribution in [3.05, 3.63) is 89.0 Å². The molecule has 0 spiro atoms. The van der Waals surface area contributed by atoms with E-state index in [0.29, 0.717) is 11.1 Å². The number of nitrogens with zero attached hydrogens (tertiary/aromatic N) is 3. The molecule has 1 aliphatic carbocycles. The van der Waals surface area contributed by atoms with Crippen molar-refractivity contribution in [2.45, 2.75) is 51.5 Å². The van der Waals surface area contributed by atoms with Crippen LogP contribution in [0.15, 0.2) is 60.9 Å². The minimum Gasteiger partial charge on any atom is -0.358 e. The molecule has 8 nitrogen and oxygen atoms in total. The van der Waals surface area contributed by atoms with Gasteiger partial charge in [-0.15, -0.1) is 0 Å². The lowest BCUT2D eigenvalue weighted by Gasteiger charge is -2.31. The van der Waals surface area contributed by atoms with E-state index in [-0.39, 0.29) is 17.4 Å². The number of aromatic nitrogens is 3. The van der Waals surface area contributed by atoms with Crippen LogP contribution in [0.5, 0.6) is 0 Å². The number of rotatable bonds is 7. The number of nitrogens with one attached hydrogen (secondary N) is 3. The number of aryl methyl sites for hydroxylation is 1. The van der Waals surface area contributed by atoms with E-state index in [9.17, 15) is 9.59 Å². The molecule has 1 saturated carbocycles. The van der Waals surface area contributed by atoms with E-state index in [1.165, 1.54) is 19.3 Å². The Bertz CT molecular complexity index is 1700. The summed E-state index contributed by atoms with van der Waals surface area (Å²) in [5, 5.41) is 10.9. The number of fused-ring (bicyclic) bond motifs is 1. The molecule has 214 valence electrons. The summed E-state index contributed by atoms with van der Waals surface area (Å²) >= 11 is 0. The van der Waals surface area contributed by atoms with Crippen LogP contribution in [-0.4, -0.2) is 56.7 Å². The quantitative estimate of drug-likeness (QED) is 0.252. The standard InChI is InChI=1S/C34H36N6O2/c1-22-30(36-23(2)31(22)33(42)38-34(13-14-34)21-39-15-7-4-8-16-39)18-28-27-17-24(11-12-29(27)37-32(28)41)25-19-35-40(20-25)26-9-5-3-6-10-26/h3,5-6,9-12,17-20,36H,4,7-8,13-16,21H2,1-2H3,(H,37,41)(H,38,42). The Kier molecular flexibility index (Phi) is 6.58. The maximum absolute atomic E-state index is 13.5. The first kappa shape index (κ1) is 26.5. The zero-order valence-corrected chi connectivity index (χ0v) is 24.2. The number of carbonyl (C=O) groups is 2. The van der Waals surface area contributed by atoms with Gasteiger partial charge in [0.15, 0.2) is 0 Å². The van der Waals surface area contributed by atoms with Gasteiger partial charge < -0.3 is 20.5 Å². The van der Waals surface area contributed by atoms with Gasteiger partial charge in [-0.1, -0.05) is 30.7 Å². The number of hydrogen-bond donors (Lipinski definition) is 3. The third kappa shape index (κ3) is 4.96. The van der Waals surface area contributed by atoms with E-state index in [1.807, 2.05) is 85.5 Å². The summed E-state index contributed by atoms with van der Waals surface area (Å²) in [5.74, 6) is -0.187. The van der Waals surface area contributed by atoms with E-state index >= 15 is 0 Å². The fourth-order valence-electron chi connectivity index (χ4n) is 6.43. The Hall–Kier alpha value is -4.43. The monoisotopic (exact) mass is 560 g/mol. The zero-order valence-electron chi connectivity index (χ0n) is 24.2. The van der Waals surface area contributed by atoms with Crippen LogP contribution >= 0.6 is 0 Å². The van der Waals surface area contributed by atoms with E-state index in [2.05, 4.69) is 25.6 Å². The molecule has 42 heavy (non-hydrogen) atoms. The lowest BCUT2D eigenvalue weighted by molar-refractivity contribution is -0.110. The highest BCUT2D eigenvalue weighted by atomic mass is 16.2. The second-order valence-corrected chi connectivity index (χ2v) is 12.0. The van der Waals surface area contributed by atoms with E-state index in [4.69, 9.17) is 0 Å². The van der Waals surface area contributed by atoms with Crippen molar-refractivity contribution < 1.29 is 9.59 Å². The van der Waals surface area contributed by atoms with Crippen LogP contribution in [0, 0.1) is 13.8 Å². The molecular weight excluding hydrogens is 524 g/mol. The van der Waals surface area contributed by atoms with Gasteiger partial charge in [0.25, 0.3) is 11.8 Å². The van der Waals surface area contributed by atoms with Crippen LogP contribution in [0.3, 0.4) is 0 Å². The van der Waals surface area contributed by atoms with Gasteiger partial charge in [0.2, 0.25) is 0 Å². The van der Waals surface area contributed by atoms with E-state index in [0.717, 1.165) is 77.5 Å². The second-order valence-electron chi connectivity index (χ2n) is 12.0. The summed E-state index contributed by atoms with van der Waals surface area (Å²) < 4.78 is 1.85. The second kappa shape index (κ2) is 10.4. The SMILES string of the molecule is Cc1[nH]c(C=C2C(=O)Nc3ccc(-c4cnn(-c5ccccc5)c4)cc32)c(C)c1C(=O)NC1(CN2CCCCC2)CC1. The van der Waals surface area contributed by atoms with Crippen molar-refractivity contribution in [1.29, 1.82) is 0 Å². The lowest BCUT2D eigenvalue weighted by atomic mass is 9.99. The number of likely N-dealkylation sites (tertiary alicyclic amines) is 1. The topological polar surface area (TPSA) is 95.0 Å². The third-order valence-corrected chi connectivity index (χ3v) is 8.94. The number of carbonyl (C=O) groups excluding carboxylic acids is 2. The number of para-hydroxylation sites is 1. The number of piperidine rings is 1. The maximum atomic E-state index is 13.5. The summed E-state index contributed by atoms with van der Waals surface area (Å²) in [6, 6.07) is 15.9. The predicted octanol–water partition coefficient (Wildman–Crippen LogP) is 5.73. The van der Waals surface area contributed by atoms with Gasteiger partial charge in [-0.25, -0.2) is 4.68 Å². The first-order valence-corrected chi connectivity index (χ1v) is 14.9. The van der Waals surface area contributed by atoms with E-state index in [1.54, 1.807) is 0 Å². The maximum Gasteiger partial charge on any atom is 0.256 e. The Morgan fingerprint density at radius 3 is 2.60 bits per heavy atom. The van der Waals surface area contributed by atoms with Gasteiger partial charge >= 0.3 is 0 Å². The molecule has 4 heterocycles. The molecule has 0 atom stereocenters. The van der Waals surface area contributed by atoms with Crippen LogP contribution in [0.4, 0.5) is 5.69 Å². The fourth-order valence-corrected chi connectivity index (χ4v) is 6.43. The summed E-state index contributed by atoms with van der Waals surface area (Å²) in [6.45, 7) is 7.06. The average Bonchev–Trinajstić information content (AvgIpc) is 3.30. The van der Waals surface area contributed by atoms with Crippen molar-refractivity contribution in [2.75, 3.05) is 25.0 Å². The summed E-state index contributed by atoms with van der Waals surface area (Å²) in [6.07, 6.45) is 11.5. The highest BCUT2D eigenvalue weighted by molar-refractivity contribution is 6.35. The molecule has 0 radical (unpaired) electrons. The molecule has 4 aromatic rings. The molecule has 2 aromatic heterocycles. The molecule has 2 fully saturated rings. The number of benzene rings is 2. The molecule has 3 aliphatic rings. The molecule has 8 heteroatoms. The van der Waals surface area contributed by atoms with Gasteiger partial charge in [-0.2, -0.15) is 5.10 Å². The minimum atomic E-state index is -0.154. The third-order valence-electron chi connectivity index (χ3n) is 8.94. The van der Waals surface area contributed by atoms with Crippen molar-refractivity contribution in [2.24, 2.45) is 0 Å². The van der Waals surface area contributed by atoms with Crippen LogP contribution in [-0.2, 0) is 4.79 Å². The molecule has 0 bridgehead atoms. The number of aromatic amines is 1. The number of H-pyrrole nitrogens is 1. The Morgan fingerprint density at radius 1 is 1.05 bits per heavy atom. The number of hydrogen-bond acceptors (Lipinski definition) is 4. The molecule has 2 amide bonds. The Labute approximate surface area is 245 Å². The average molecular weight is 561 g/mol. The van der Waals surface area contributed by atoms with E-state index < -0.39 is 0 Å². The van der Waals surface area contributed by atoms with Gasteiger partial charge in [-0.3, -0.25) is 9.59 Å². The highest BCUT2D eigenvalue weighted by Crippen LogP contribution is 2.39. The van der Waals surface area contributed by atoms with Crippen molar-refractivity contribution in [3.63, 3.8) is 0 Å². The normalized spacial score (nSPS) is 18.6. The predicted molar refractivity (Wildman–Crippen MR) is 165 cm³/mol. The molecule has 1 saturated heterocycles. The smallest absolute Gasteiger partial charge is 0.256 e. The Balaban J connectivity index is 1.14. The van der Waals surface area contributed by atoms with Crippen molar-refractivity contribution in [1.82, 2.24) is 25.0 Å². The number of anilines is 1. The van der Waals surface area contributed by atoms with Crippen molar-refractivity contribution >= 4 is 29.2 Å². The molecule has 2 aromatic carbocycles. The minimum absolute atomic E-state index is 0.0330. The zero-order chi connectivity index (χ0) is 28.8. The molecule has 7 rings (SSSR count). The molecular formula is C34H36N6O2. The fraction of sp³-hybridized carbons (Fsp3) is 0.324. The first-order chi connectivity index (χ1) is 20.4. The largest absolute Gasteiger partial charge is 0.358 e. The molecule has 0 unspecified atom stereocenters. The summed E-state index contributed by atoms with van der Waals surface area (Å²) in [7, 11) is 0. The molecule has 2 aliphatic heterocycles. The molecule has 3 N–H and O–H groups in total. The summed E-state index contributed by atoms with van der Waals surface area (Å²) in [5.41, 5.74) is 8.11. The van der Waals surface area contributed by atoms with Crippen LogP contribution < -0.4 is 10.6 Å². The summed E-state index contributed by atoms with van der Waals surface area (Å²) in [4.78, 5) is 32.5. The van der Waals surface area contributed by atoms with Gasteiger partial charge in [0.05, 0.1) is 28.6 Å². The van der Waals surface area contributed by atoms with Gasteiger partial charge in [0.1, 0.15) is 0 Å².